The van der Waals surface area contributed by atoms with Gasteiger partial charge >= 0.3 is 0 Å². The smallest absolute Gasteiger partial charge is 0.251 e. The molecule has 1 aromatic carbocycles. The average molecular weight is 463 g/mol. The summed E-state index contributed by atoms with van der Waals surface area (Å²) < 4.78 is 1.80. The number of hydrogen-bond acceptors (Lipinski definition) is 7. The summed E-state index contributed by atoms with van der Waals surface area (Å²) >= 11 is 8.56. The van der Waals surface area contributed by atoms with E-state index in [1.54, 1.807) is 34.9 Å². The molecule has 0 unspecified atom stereocenters. The molecule has 0 aliphatic carbocycles. The van der Waals surface area contributed by atoms with Crippen LogP contribution in [0.1, 0.15) is 21.9 Å². The maximum atomic E-state index is 12.3. The highest BCUT2D eigenvalue weighted by molar-refractivity contribution is 7.99. The van der Waals surface area contributed by atoms with Gasteiger partial charge in [-0.15, -0.1) is 28.1 Å². The second-order valence-corrected chi connectivity index (χ2v) is 8.36. The first-order chi connectivity index (χ1) is 14.5. The van der Waals surface area contributed by atoms with Crippen LogP contribution in [0, 0.1) is 6.92 Å². The number of aryl methyl sites for hydroxylation is 1. The lowest BCUT2D eigenvalue weighted by Gasteiger charge is -2.09. The van der Waals surface area contributed by atoms with Crippen molar-refractivity contribution in [2.75, 3.05) is 11.1 Å². The van der Waals surface area contributed by atoms with Crippen LogP contribution in [-0.4, -0.2) is 37.3 Å². The summed E-state index contributed by atoms with van der Waals surface area (Å²) in [5.41, 5.74) is 1.32. The quantitative estimate of drug-likeness (QED) is 0.372. The standard InChI is InChI=1S/C19H19ClN6O2S2/c1-3-7-26-15(9-21-17(28)13-5-4-6-14(20)8-13)24-25-19(26)30-11-16(27)23-18-22-12(2)10-29-18/h3-6,8,10H,1,7,9,11H2,2H3,(H,21,28)(H,22,23,27). The Kier molecular flexibility index (Phi) is 7.61. The summed E-state index contributed by atoms with van der Waals surface area (Å²) in [5.74, 6) is 0.267. The minimum Gasteiger partial charge on any atom is -0.345 e. The molecule has 0 saturated carbocycles. The molecule has 2 aromatic heterocycles. The fourth-order valence-electron chi connectivity index (χ4n) is 2.46. The number of rotatable bonds is 9. The number of thiazole rings is 1. The van der Waals surface area contributed by atoms with Gasteiger partial charge in [0, 0.05) is 22.5 Å². The Morgan fingerprint density at radius 1 is 1.37 bits per heavy atom. The Balaban J connectivity index is 1.60. The first-order valence-corrected chi connectivity index (χ1v) is 11.1. The van der Waals surface area contributed by atoms with Gasteiger partial charge in [0.1, 0.15) is 0 Å². The molecule has 3 aromatic rings. The van der Waals surface area contributed by atoms with E-state index in [1.807, 2.05) is 12.3 Å². The van der Waals surface area contributed by atoms with Gasteiger partial charge in [-0.25, -0.2) is 4.98 Å². The Morgan fingerprint density at radius 3 is 2.90 bits per heavy atom. The van der Waals surface area contributed by atoms with Crippen LogP contribution in [0.4, 0.5) is 5.13 Å². The fraction of sp³-hybridized carbons (Fsp3) is 0.211. The van der Waals surface area contributed by atoms with Crippen molar-refractivity contribution in [1.29, 1.82) is 0 Å². The SMILES string of the molecule is C=CCn1c(CNC(=O)c2cccc(Cl)c2)nnc1SCC(=O)Nc1nc(C)cs1. The minimum atomic E-state index is -0.266. The average Bonchev–Trinajstić information content (AvgIpc) is 3.30. The lowest BCUT2D eigenvalue weighted by molar-refractivity contribution is -0.113. The second-order valence-electron chi connectivity index (χ2n) is 6.12. The highest BCUT2D eigenvalue weighted by Gasteiger charge is 2.15. The zero-order chi connectivity index (χ0) is 21.5. The van der Waals surface area contributed by atoms with E-state index < -0.39 is 0 Å². The molecule has 2 amide bonds. The van der Waals surface area contributed by atoms with Crippen molar-refractivity contribution in [3.05, 3.63) is 64.4 Å². The normalized spacial score (nSPS) is 10.6. The van der Waals surface area contributed by atoms with Crippen molar-refractivity contribution in [2.45, 2.75) is 25.2 Å². The van der Waals surface area contributed by atoms with E-state index in [1.165, 1.54) is 23.1 Å². The van der Waals surface area contributed by atoms with Crippen LogP contribution < -0.4 is 10.6 Å². The number of aromatic nitrogens is 4. The number of carbonyl (C=O) groups is 2. The van der Waals surface area contributed by atoms with Gasteiger partial charge in [0.2, 0.25) is 5.91 Å². The van der Waals surface area contributed by atoms with Gasteiger partial charge in [-0.1, -0.05) is 35.5 Å². The number of carbonyl (C=O) groups excluding carboxylic acids is 2. The van der Waals surface area contributed by atoms with Gasteiger partial charge in [-0.3, -0.25) is 9.59 Å². The summed E-state index contributed by atoms with van der Waals surface area (Å²) in [6, 6.07) is 6.69. The highest BCUT2D eigenvalue weighted by Crippen LogP contribution is 2.19. The third-order valence-corrected chi connectivity index (χ3v) is 5.87. The zero-order valence-corrected chi connectivity index (χ0v) is 18.5. The fourth-order valence-corrected chi connectivity index (χ4v) is 4.12. The molecule has 0 aliphatic heterocycles. The molecule has 0 saturated heterocycles. The lowest BCUT2D eigenvalue weighted by atomic mass is 10.2. The Morgan fingerprint density at radius 2 is 2.20 bits per heavy atom. The van der Waals surface area contributed by atoms with E-state index >= 15 is 0 Å². The van der Waals surface area contributed by atoms with Gasteiger partial charge in [-0.05, 0) is 25.1 Å². The monoisotopic (exact) mass is 462 g/mol. The molecule has 0 bridgehead atoms. The van der Waals surface area contributed by atoms with Crippen LogP contribution in [0.15, 0.2) is 47.5 Å². The molecular formula is C19H19ClN6O2S2. The number of hydrogen-bond donors (Lipinski definition) is 2. The number of amides is 2. The maximum Gasteiger partial charge on any atom is 0.251 e. The first-order valence-electron chi connectivity index (χ1n) is 8.87. The van der Waals surface area contributed by atoms with E-state index in [4.69, 9.17) is 11.6 Å². The number of benzene rings is 1. The number of thioether (sulfide) groups is 1. The van der Waals surface area contributed by atoms with Crippen LogP contribution >= 0.6 is 34.7 Å². The molecule has 0 fully saturated rings. The van der Waals surface area contributed by atoms with Crippen LogP contribution in [0.3, 0.4) is 0 Å². The molecule has 0 aliphatic rings. The number of nitrogens with one attached hydrogen (secondary N) is 2. The molecule has 0 radical (unpaired) electrons. The molecule has 3 rings (SSSR count). The largest absolute Gasteiger partial charge is 0.345 e. The second kappa shape index (κ2) is 10.4. The van der Waals surface area contributed by atoms with Crippen LogP contribution in [-0.2, 0) is 17.9 Å². The molecule has 156 valence electrons. The topological polar surface area (TPSA) is 102 Å². The predicted molar refractivity (Wildman–Crippen MR) is 119 cm³/mol. The molecular weight excluding hydrogens is 444 g/mol. The lowest BCUT2D eigenvalue weighted by Crippen LogP contribution is -2.24. The molecule has 2 N–H and O–H groups in total. The third-order valence-electron chi connectivity index (χ3n) is 3.80. The summed E-state index contributed by atoms with van der Waals surface area (Å²) in [6.45, 7) is 6.24. The van der Waals surface area contributed by atoms with Crippen LogP contribution in [0.5, 0.6) is 0 Å². The van der Waals surface area contributed by atoms with Gasteiger partial charge in [0.25, 0.3) is 5.91 Å². The Hall–Kier alpha value is -2.69. The van der Waals surface area contributed by atoms with Gasteiger partial charge in [0.05, 0.1) is 18.0 Å². The van der Waals surface area contributed by atoms with Gasteiger partial charge in [-0.2, -0.15) is 0 Å². The van der Waals surface area contributed by atoms with Crippen LogP contribution in [0.2, 0.25) is 5.02 Å². The van der Waals surface area contributed by atoms with E-state index in [0.29, 0.717) is 33.2 Å². The Labute approximate surface area is 186 Å². The molecule has 2 heterocycles. The van der Waals surface area contributed by atoms with Crippen molar-refractivity contribution >= 4 is 51.6 Å². The van der Waals surface area contributed by atoms with E-state index in [0.717, 1.165) is 5.69 Å². The Bertz CT molecular complexity index is 1060. The summed E-state index contributed by atoms with van der Waals surface area (Å²) in [7, 11) is 0. The molecule has 8 nitrogen and oxygen atoms in total. The van der Waals surface area contributed by atoms with Crippen molar-refractivity contribution in [2.24, 2.45) is 0 Å². The van der Waals surface area contributed by atoms with E-state index in [-0.39, 0.29) is 24.1 Å². The molecule has 30 heavy (non-hydrogen) atoms. The minimum absolute atomic E-state index is 0.156. The summed E-state index contributed by atoms with van der Waals surface area (Å²) in [5, 5.41) is 17.3. The summed E-state index contributed by atoms with van der Waals surface area (Å²) in [4.78, 5) is 28.7. The van der Waals surface area contributed by atoms with Crippen molar-refractivity contribution in [3.8, 4) is 0 Å². The van der Waals surface area contributed by atoms with E-state index in [9.17, 15) is 9.59 Å². The predicted octanol–water partition coefficient (Wildman–Crippen LogP) is 3.54. The number of halogens is 1. The van der Waals surface area contributed by atoms with Crippen molar-refractivity contribution in [1.82, 2.24) is 25.1 Å². The number of nitrogens with zero attached hydrogens (tertiary/aromatic N) is 4. The van der Waals surface area contributed by atoms with Crippen molar-refractivity contribution < 1.29 is 9.59 Å². The number of anilines is 1. The third kappa shape index (κ3) is 5.91. The van der Waals surface area contributed by atoms with Crippen molar-refractivity contribution in [3.63, 3.8) is 0 Å². The molecule has 11 heteroatoms. The zero-order valence-electron chi connectivity index (χ0n) is 16.1. The summed E-state index contributed by atoms with van der Waals surface area (Å²) in [6.07, 6.45) is 1.70. The molecule has 0 spiro atoms. The van der Waals surface area contributed by atoms with Gasteiger partial charge in [0.15, 0.2) is 16.1 Å². The number of allylic oxidation sites excluding steroid dienone is 1. The highest BCUT2D eigenvalue weighted by atomic mass is 35.5. The van der Waals surface area contributed by atoms with E-state index in [2.05, 4.69) is 32.4 Å². The first kappa shape index (κ1) is 22.0. The van der Waals surface area contributed by atoms with Gasteiger partial charge < -0.3 is 15.2 Å². The molecule has 0 atom stereocenters. The maximum absolute atomic E-state index is 12.3. The van der Waals surface area contributed by atoms with Crippen LogP contribution in [0.25, 0.3) is 0 Å².